The van der Waals surface area contributed by atoms with E-state index in [4.69, 9.17) is 16.3 Å². The molecule has 0 fully saturated rings. The van der Waals surface area contributed by atoms with E-state index in [0.717, 1.165) is 5.56 Å². The van der Waals surface area contributed by atoms with Crippen LogP contribution in [0.1, 0.15) is 18.1 Å². The van der Waals surface area contributed by atoms with Gasteiger partial charge in [-0.1, -0.05) is 35.9 Å². The van der Waals surface area contributed by atoms with Crippen LogP contribution in [-0.4, -0.2) is 5.78 Å². The highest BCUT2D eigenvalue weighted by Gasteiger charge is 2.06. The Labute approximate surface area is 122 Å². The number of benzene rings is 2. The van der Waals surface area contributed by atoms with Crippen molar-refractivity contribution in [2.75, 3.05) is 0 Å². The van der Waals surface area contributed by atoms with Gasteiger partial charge in [0, 0.05) is 12.0 Å². The molecule has 104 valence electrons. The molecule has 0 heterocycles. The van der Waals surface area contributed by atoms with Crippen molar-refractivity contribution in [3.8, 4) is 5.75 Å². The standard InChI is InChI=1S/C16H14ClFO2/c1-11(19)9-12-5-7-14(8-6-12)20-10-13-3-2-4-15(17)16(13)18/h2-8H,9-10H2,1H3. The average molecular weight is 293 g/mol. The molecule has 0 aliphatic carbocycles. The molecule has 0 radical (unpaired) electrons. The van der Waals surface area contributed by atoms with Gasteiger partial charge in [-0.05, 0) is 30.7 Å². The highest BCUT2D eigenvalue weighted by molar-refractivity contribution is 6.30. The van der Waals surface area contributed by atoms with Crippen molar-refractivity contribution in [2.45, 2.75) is 20.0 Å². The Morgan fingerprint density at radius 3 is 2.55 bits per heavy atom. The first-order valence-corrected chi connectivity index (χ1v) is 6.58. The number of carbonyl (C=O) groups is 1. The first-order chi connectivity index (χ1) is 9.56. The maximum absolute atomic E-state index is 13.7. The monoisotopic (exact) mass is 292 g/mol. The summed E-state index contributed by atoms with van der Waals surface area (Å²) in [6.45, 7) is 1.66. The molecule has 0 bridgehead atoms. The Hall–Kier alpha value is -1.87. The molecule has 0 amide bonds. The van der Waals surface area contributed by atoms with E-state index in [1.165, 1.54) is 6.07 Å². The number of Topliss-reactive ketones (excluding diaryl/α,β-unsaturated/α-hetero) is 1. The summed E-state index contributed by atoms with van der Waals surface area (Å²) in [4.78, 5) is 11.0. The summed E-state index contributed by atoms with van der Waals surface area (Å²) in [5.74, 6) is 0.277. The van der Waals surface area contributed by atoms with Gasteiger partial charge >= 0.3 is 0 Å². The second-order valence-electron chi connectivity index (χ2n) is 4.52. The minimum atomic E-state index is -0.456. The van der Waals surface area contributed by atoms with Crippen LogP contribution in [0.2, 0.25) is 5.02 Å². The highest BCUT2D eigenvalue weighted by Crippen LogP contribution is 2.20. The van der Waals surface area contributed by atoms with Gasteiger partial charge in [-0.2, -0.15) is 0 Å². The van der Waals surface area contributed by atoms with Crippen molar-refractivity contribution >= 4 is 17.4 Å². The van der Waals surface area contributed by atoms with Crippen LogP contribution in [0.3, 0.4) is 0 Å². The van der Waals surface area contributed by atoms with Crippen LogP contribution in [-0.2, 0) is 17.8 Å². The van der Waals surface area contributed by atoms with Crippen LogP contribution in [0.15, 0.2) is 42.5 Å². The molecule has 0 aliphatic rings. The normalized spacial score (nSPS) is 10.3. The zero-order valence-electron chi connectivity index (χ0n) is 11.0. The van der Waals surface area contributed by atoms with Crippen molar-refractivity contribution in [1.29, 1.82) is 0 Å². The largest absolute Gasteiger partial charge is 0.489 e. The number of hydrogen-bond acceptors (Lipinski definition) is 2. The predicted molar refractivity (Wildman–Crippen MR) is 76.6 cm³/mol. The van der Waals surface area contributed by atoms with Gasteiger partial charge in [-0.15, -0.1) is 0 Å². The maximum Gasteiger partial charge on any atom is 0.148 e. The Morgan fingerprint density at radius 2 is 1.90 bits per heavy atom. The van der Waals surface area contributed by atoms with Crippen molar-refractivity contribution in [3.63, 3.8) is 0 Å². The fraction of sp³-hybridized carbons (Fsp3) is 0.188. The highest BCUT2D eigenvalue weighted by atomic mass is 35.5. The van der Waals surface area contributed by atoms with E-state index in [-0.39, 0.29) is 17.4 Å². The lowest BCUT2D eigenvalue weighted by atomic mass is 10.1. The summed E-state index contributed by atoms with van der Waals surface area (Å²) in [7, 11) is 0. The lowest BCUT2D eigenvalue weighted by Crippen LogP contribution is -2.00. The SMILES string of the molecule is CC(=O)Cc1ccc(OCc2cccc(Cl)c2F)cc1. The third-order valence-corrected chi connectivity index (χ3v) is 3.09. The fourth-order valence-corrected chi connectivity index (χ4v) is 2.01. The van der Waals surface area contributed by atoms with E-state index in [1.807, 2.05) is 12.1 Å². The van der Waals surface area contributed by atoms with Gasteiger partial charge in [0.05, 0.1) is 5.02 Å². The number of rotatable bonds is 5. The fourth-order valence-electron chi connectivity index (χ4n) is 1.81. The van der Waals surface area contributed by atoms with Crippen LogP contribution in [0.4, 0.5) is 4.39 Å². The number of hydrogen-bond donors (Lipinski definition) is 0. The van der Waals surface area contributed by atoms with Gasteiger partial charge in [0.25, 0.3) is 0 Å². The molecule has 2 rings (SSSR count). The molecule has 4 heteroatoms. The van der Waals surface area contributed by atoms with Gasteiger partial charge in [0.15, 0.2) is 0 Å². The van der Waals surface area contributed by atoms with Crippen LogP contribution in [0, 0.1) is 5.82 Å². The second-order valence-corrected chi connectivity index (χ2v) is 4.93. The molecule has 2 nitrogen and oxygen atoms in total. The molecule has 0 aromatic heterocycles. The Bertz CT molecular complexity index is 608. The lowest BCUT2D eigenvalue weighted by Gasteiger charge is -2.08. The smallest absolute Gasteiger partial charge is 0.148 e. The zero-order chi connectivity index (χ0) is 14.5. The Balaban J connectivity index is 2.00. The summed E-state index contributed by atoms with van der Waals surface area (Å²) in [5, 5.41) is 0.0860. The van der Waals surface area contributed by atoms with Crippen LogP contribution in [0.5, 0.6) is 5.75 Å². The van der Waals surface area contributed by atoms with Crippen molar-refractivity contribution in [3.05, 3.63) is 64.4 Å². The van der Waals surface area contributed by atoms with Crippen molar-refractivity contribution < 1.29 is 13.9 Å². The Morgan fingerprint density at radius 1 is 1.20 bits per heavy atom. The topological polar surface area (TPSA) is 26.3 Å². The summed E-state index contributed by atoms with van der Waals surface area (Å²) in [5.41, 5.74) is 1.34. The van der Waals surface area contributed by atoms with Gasteiger partial charge in [-0.25, -0.2) is 4.39 Å². The zero-order valence-corrected chi connectivity index (χ0v) is 11.8. The van der Waals surface area contributed by atoms with E-state index < -0.39 is 5.82 Å². The first kappa shape index (κ1) is 14.5. The molecule has 2 aromatic carbocycles. The van der Waals surface area contributed by atoms with Crippen LogP contribution < -0.4 is 4.74 Å². The minimum absolute atomic E-state index is 0.0860. The van der Waals surface area contributed by atoms with Gasteiger partial charge in [0.1, 0.15) is 24.0 Å². The predicted octanol–water partition coefficient (Wildman–Crippen LogP) is 4.19. The molecule has 0 saturated heterocycles. The average Bonchev–Trinajstić information content (AvgIpc) is 2.41. The van der Waals surface area contributed by atoms with E-state index in [1.54, 1.807) is 31.2 Å². The molecule has 0 N–H and O–H groups in total. The Kier molecular flexibility index (Phi) is 4.74. The number of ketones is 1. The van der Waals surface area contributed by atoms with E-state index in [2.05, 4.69) is 0 Å². The van der Waals surface area contributed by atoms with Crippen LogP contribution in [0.25, 0.3) is 0 Å². The quantitative estimate of drug-likeness (QED) is 0.826. The summed E-state index contributed by atoms with van der Waals surface area (Å²) in [6.07, 6.45) is 0.406. The third-order valence-electron chi connectivity index (χ3n) is 2.80. The van der Waals surface area contributed by atoms with Gasteiger partial charge in [0.2, 0.25) is 0 Å². The van der Waals surface area contributed by atoms with Gasteiger partial charge < -0.3 is 4.74 Å². The molecule has 20 heavy (non-hydrogen) atoms. The second kappa shape index (κ2) is 6.53. The molecule has 0 saturated carbocycles. The minimum Gasteiger partial charge on any atom is -0.489 e. The van der Waals surface area contributed by atoms with E-state index in [0.29, 0.717) is 17.7 Å². The molecular formula is C16H14ClFO2. The molecule has 0 aliphatic heterocycles. The van der Waals surface area contributed by atoms with E-state index >= 15 is 0 Å². The lowest BCUT2D eigenvalue weighted by molar-refractivity contribution is -0.116. The van der Waals surface area contributed by atoms with Crippen molar-refractivity contribution in [1.82, 2.24) is 0 Å². The summed E-state index contributed by atoms with van der Waals surface area (Å²) >= 11 is 5.70. The van der Waals surface area contributed by atoms with Crippen LogP contribution >= 0.6 is 11.6 Å². The molecule has 2 aromatic rings. The van der Waals surface area contributed by atoms with Gasteiger partial charge in [-0.3, -0.25) is 4.79 Å². The molecule has 0 atom stereocenters. The maximum atomic E-state index is 13.7. The number of ether oxygens (including phenoxy) is 1. The summed E-state index contributed by atoms with van der Waals surface area (Å²) < 4.78 is 19.2. The van der Waals surface area contributed by atoms with Crippen molar-refractivity contribution in [2.24, 2.45) is 0 Å². The van der Waals surface area contributed by atoms with E-state index in [9.17, 15) is 9.18 Å². The third kappa shape index (κ3) is 3.81. The number of carbonyl (C=O) groups excluding carboxylic acids is 1. The number of halogens is 2. The molecular weight excluding hydrogens is 279 g/mol. The first-order valence-electron chi connectivity index (χ1n) is 6.20. The molecule has 0 unspecified atom stereocenters. The molecule has 0 spiro atoms. The summed E-state index contributed by atoms with van der Waals surface area (Å²) in [6, 6.07) is 12.0.